The Morgan fingerprint density at radius 1 is 0.964 bits per heavy atom. The molecule has 148 valence electrons. The minimum atomic E-state index is -1.08. The van der Waals surface area contributed by atoms with Crippen molar-refractivity contribution in [3.05, 3.63) is 71.3 Å². The van der Waals surface area contributed by atoms with Crippen LogP contribution in [-0.2, 0) is 16.0 Å². The van der Waals surface area contributed by atoms with E-state index in [9.17, 15) is 19.5 Å². The van der Waals surface area contributed by atoms with E-state index in [0.29, 0.717) is 18.4 Å². The largest absolute Gasteiger partial charge is 0.480 e. The first-order chi connectivity index (χ1) is 13.4. The standard InChI is InChI=1S/C22H26N2O4/c1-15(2)12-19(22(27)28)24-20(25)14-23-21(26)18-11-7-6-10-17(18)13-16-8-4-3-5-9-16/h3-11,15,19H,12-14H2,1-2H3,(H,23,26)(H,24,25)(H,27,28)/t19-/m0/s1. The van der Waals surface area contributed by atoms with Gasteiger partial charge in [-0.05, 0) is 36.0 Å². The van der Waals surface area contributed by atoms with Crippen LogP contribution in [0.25, 0.3) is 0 Å². The number of nitrogens with one attached hydrogen (secondary N) is 2. The third-order valence-corrected chi connectivity index (χ3v) is 4.25. The molecule has 0 aliphatic carbocycles. The number of carbonyl (C=O) groups excluding carboxylic acids is 2. The lowest BCUT2D eigenvalue weighted by molar-refractivity contribution is -0.142. The van der Waals surface area contributed by atoms with E-state index in [1.165, 1.54) is 0 Å². The average molecular weight is 382 g/mol. The van der Waals surface area contributed by atoms with Crippen molar-refractivity contribution in [3.63, 3.8) is 0 Å². The van der Waals surface area contributed by atoms with Crippen LogP contribution >= 0.6 is 0 Å². The van der Waals surface area contributed by atoms with E-state index in [-0.39, 0.29) is 18.4 Å². The van der Waals surface area contributed by atoms with E-state index in [4.69, 9.17) is 0 Å². The molecule has 0 unspecified atom stereocenters. The zero-order valence-corrected chi connectivity index (χ0v) is 16.1. The SMILES string of the molecule is CC(C)C[C@H](NC(=O)CNC(=O)c1ccccc1Cc1ccccc1)C(=O)O. The molecular weight excluding hydrogens is 356 g/mol. The third kappa shape index (κ3) is 6.54. The predicted molar refractivity (Wildman–Crippen MR) is 107 cm³/mol. The molecule has 2 amide bonds. The quantitative estimate of drug-likeness (QED) is 0.621. The minimum Gasteiger partial charge on any atom is -0.480 e. The predicted octanol–water partition coefficient (Wildman–Crippen LogP) is 2.62. The van der Waals surface area contributed by atoms with Crippen LogP contribution in [-0.4, -0.2) is 35.5 Å². The number of carboxylic acid groups (broad SMARTS) is 1. The number of aliphatic carboxylic acids is 1. The maximum absolute atomic E-state index is 12.6. The first-order valence-corrected chi connectivity index (χ1v) is 9.29. The Morgan fingerprint density at radius 3 is 2.25 bits per heavy atom. The van der Waals surface area contributed by atoms with Crippen molar-refractivity contribution >= 4 is 17.8 Å². The van der Waals surface area contributed by atoms with Crippen LogP contribution < -0.4 is 10.6 Å². The van der Waals surface area contributed by atoms with Crippen LogP contribution in [0.1, 0.15) is 41.8 Å². The molecule has 2 rings (SSSR count). The van der Waals surface area contributed by atoms with Gasteiger partial charge in [0.2, 0.25) is 5.91 Å². The molecular formula is C22H26N2O4. The van der Waals surface area contributed by atoms with Gasteiger partial charge in [-0.25, -0.2) is 4.79 Å². The molecule has 2 aromatic rings. The Kier molecular flexibility index (Phi) is 7.75. The lowest BCUT2D eigenvalue weighted by Gasteiger charge is -2.17. The second-order valence-corrected chi connectivity index (χ2v) is 7.09. The summed E-state index contributed by atoms with van der Waals surface area (Å²) >= 11 is 0. The average Bonchev–Trinajstić information content (AvgIpc) is 2.66. The van der Waals surface area contributed by atoms with Crippen molar-refractivity contribution in [2.24, 2.45) is 5.92 Å². The smallest absolute Gasteiger partial charge is 0.326 e. The molecule has 0 saturated heterocycles. The normalized spacial score (nSPS) is 11.7. The molecule has 0 aliphatic rings. The van der Waals surface area contributed by atoms with Crippen molar-refractivity contribution in [3.8, 4) is 0 Å². The van der Waals surface area contributed by atoms with Gasteiger partial charge in [-0.1, -0.05) is 62.4 Å². The van der Waals surface area contributed by atoms with E-state index < -0.39 is 17.9 Å². The summed E-state index contributed by atoms with van der Waals surface area (Å²) in [6, 6.07) is 16.1. The minimum absolute atomic E-state index is 0.126. The van der Waals surface area contributed by atoms with Crippen LogP contribution in [0, 0.1) is 5.92 Å². The van der Waals surface area contributed by atoms with E-state index in [2.05, 4.69) is 10.6 Å². The topological polar surface area (TPSA) is 95.5 Å². The molecule has 0 spiro atoms. The van der Waals surface area contributed by atoms with Gasteiger partial charge in [0.1, 0.15) is 6.04 Å². The van der Waals surface area contributed by atoms with E-state index in [0.717, 1.165) is 11.1 Å². The monoisotopic (exact) mass is 382 g/mol. The van der Waals surface area contributed by atoms with Crippen molar-refractivity contribution in [2.75, 3.05) is 6.54 Å². The summed E-state index contributed by atoms with van der Waals surface area (Å²) < 4.78 is 0. The Hall–Kier alpha value is -3.15. The summed E-state index contributed by atoms with van der Waals surface area (Å²) in [7, 11) is 0. The Labute approximate surface area is 165 Å². The number of rotatable bonds is 9. The molecule has 0 aromatic heterocycles. The van der Waals surface area contributed by atoms with Gasteiger partial charge in [0.25, 0.3) is 5.91 Å². The molecule has 6 heteroatoms. The summed E-state index contributed by atoms with van der Waals surface area (Å²) in [6.45, 7) is 3.49. The van der Waals surface area contributed by atoms with E-state index in [1.807, 2.05) is 56.3 Å². The molecule has 1 atom stereocenters. The molecule has 0 bridgehead atoms. The van der Waals surface area contributed by atoms with Gasteiger partial charge in [-0.2, -0.15) is 0 Å². The lowest BCUT2D eigenvalue weighted by Crippen LogP contribution is -2.46. The summed E-state index contributed by atoms with van der Waals surface area (Å²) in [5, 5.41) is 14.2. The number of benzene rings is 2. The van der Waals surface area contributed by atoms with Gasteiger partial charge >= 0.3 is 5.97 Å². The zero-order valence-electron chi connectivity index (χ0n) is 16.1. The van der Waals surface area contributed by atoms with Gasteiger partial charge in [0.05, 0.1) is 6.54 Å². The molecule has 2 aromatic carbocycles. The molecule has 3 N–H and O–H groups in total. The van der Waals surface area contributed by atoms with Gasteiger partial charge in [0.15, 0.2) is 0 Å². The van der Waals surface area contributed by atoms with Crippen LogP contribution in [0.2, 0.25) is 0 Å². The van der Waals surface area contributed by atoms with Gasteiger partial charge in [0, 0.05) is 5.56 Å². The van der Waals surface area contributed by atoms with Crippen LogP contribution in [0.4, 0.5) is 0 Å². The van der Waals surface area contributed by atoms with Gasteiger partial charge < -0.3 is 15.7 Å². The summed E-state index contributed by atoms with van der Waals surface area (Å²) in [5.41, 5.74) is 2.43. The number of hydrogen-bond donors (Lipinski definition) is 3. The first-order valence-electron chi connectivity index (χ1n) is 9.29. The Morgan fingerprint density at radius 2 is 1.61 bits per heavy atom. The number of amides is 2. The second kappa shape index (κ2) is 10.3. The molecule has 0 aliphatic heterocycles. The molecule has 28 heavy (non-hydrogen) atoms. The highest BCUT2D eigenvalue weighted by Crippen LogP contribution is 2.14. The Bertz CT molecular complexity index is 818. The van der Waals surface area contributed by atoms with E-state index in [1.54, 1.807) is 12.1 Å². The van der Waals surface area contributed by atoms with Crippen LogP contribution in [0.15, 0.2) is 54.6 Å². The third-order valence-electron chi connectivity index (χ3n) is 4.25. The highest BCUT2D eigenvalue weighted by Gasteiger charge is 2.21. The molecule has 6 nitrogen and oxygen atoms in total. The fourth-order valence-corrected chi connectivity index (χ4v) is 2.91. The van der Waals surface area contributed by atoms with Crippen molar-refractivity contribution in [1.82, 2.24) is 10.6 Å². The fourth-order valence-electron chi connectivity index (χ4n) is 2.91. The van der Waals surface area contributed by atoms with E-state index >= 15 is 0 Å². The Balaban J connectivity index is 1.97. The molecule has 0 radical (unpaired) electrons. The highest BCUT2D eigenvalue weighted by atomic mass is 16.4. The summed E-state index contributed by atoms with van der Waals surface area (Å²) in [6.07, 6.45) is 0.932. The zero-order chi connectivity index (χ0) is 20.5. The molecule has 0 heterocycles. The number of carbonyl (C=O) groups is 3. The van der Waals surface area contributed by atoms with Crippen molar-refractivity contribution < 1.29 is 19.5 Å². The van der Waals surface area contributed by atoms with Gasteiger partial charge in [-0.3, -0.25) is 9.59 Å². The first kappa shape index (κ1) is 21.2. The lowest BCUT2D eigenvalue weighted by atomic mass is 9.99. The fraction of sp³-hybridized carbons (Fsp3) is 0.318. The highest BCUT2D eigenvalue weighted by molar-refractivity contribution is 5.98. The summed E-state index contributed by atoms with van der Waals surface area (Å²) in [4.78, 5) is 35.9. The van der Waals surface area contributed by atoms with Crippen molar-refractivity contribution in [1.29, 1.82) is 0 Å². The van der Waals surface area contributed by atoms with Crippen molar-refractivity contribution in [2.45, 2.75) is 32.7 Å². The number of hydrogen-bond acceptors (Lipinski definition) is 3. The number of carboxylic acids is 1. The maximum atomic E-state index is 12.6. The van der Waals surface area contributed by atoms with Crippen LogP contribution in [0.5, 0.6) is 0 Å². The second-order valence-electron chi connectivity index (χ2n) is 7.09. The van der Waals surface area contributed by atoms with Crippen LogP contribution in [0.3, 0.4) is 0 Å². The molecule has 0 saturated carbocycles. The summed E-state index contributed by atoms with van der Waals surface area (Å²) in [5.74, 6) is -1.85. The maximum Gasteiger partial charge on any atom is 0.326 e. The molecule has 0 fully saturated rings. The van der Waals surface area contributed by atoms with Gasteiger partial charge in [-0.15, -0.1) is 0 Å².